The number of benzene rings is 1. The van der Waals surface area contributed by atoms with Crippen LogP contribution in [0.5, 0.6) is 11.5 Å². The van der Waals surface area contributed by atoms with E-state index in [9.17, 15) is 0 Å². The van der Waals surface area contributed by atoms with Crippen molar-refractivity contribution < 1.29 is 9.47 Å². The molecule has 3 rings (SSSR count). The molecule has 24 heavy (non-hydrogen) atoms. The van der Waals surface area contributed by atoms with Gasteiger partial charge in [0.15, 0.2) is 11.5 Å². The highest BCUT2D eigenvalue weighted by atomic mass is 16.5. The molecule has 6 nitrogen and oxygen atoms in total. The number of pyridine rings is 1. The van der Waals surface area contributed by atoms with Gasteiger partial charge in [-0.15, -0.1) is 0 Å². The van der Waals surface area contributed by atoms with Crippen molar-refractivity contribution >= 4 is 16.6 Å². The summed E-state index contributed by atoms with van der Waals surface area (Å²) in [5, 5.41) is 1.09. The summed E-state index contributed by atoms with van der Waals surface area (Å²) in [7, 11) is 3.30. The van der Waals surface area contributed by atoms with Gasteiger partial charge < -0.3 is 20.1 Å². The molecule has 2 heterocycles. The van der Waals surface area contributed by atoms with E-state index in [1.54, 1.807) is 14.2 Å². The zero-order valence-electron chi connectivity index (χ0n) is 14.7. The lowest BCUT2D eigenvalue weighted by atomic mass is 10.1. The third-order valence-corrected chi connectivity index (χ3v) is 4.75. The predicted molar refractivity (Wildman–Crippen MR) is 97.1 cm³/mol. The highest BCUT2D eigenvalue weighted by Crippen LogP contribution is 2.36. The maximum Gasteiger partial charge on any atom is 0.162 e. The molecule has 2 N–H and O–H groups in total. The molecule has 0 radical (unpaired) electrons. The minimum absolute atomic E-state index is 0.477. The molecule has 0 amide bonds. The number of piperazine rings is 1. The minimum Gasteiger partial charge on any atom is -0.493 e. The van der Waals surface area contributed by atoms with Crippen molar-refractivity contribution in [2.75, 3.05) is 51.8 Å². The van der Waals surface area contributed by atoms with Crippen LogP contribution in [0.2, 0.25) is 0 Å². The molecule has 1 aromatic heterocycles. The van der Waals surface area contributed by atoms with E-state index >= 15 is 0 Å². The standard InChI is InChI=1S/C18H26N4O2/c1-13-12-22(9-8-21(13)7-5-19)16-4-6-20-15-11-18(24-3)17(23-2)10-14(15)16/h4,6,10-11,13H,5,7-9,12,19H2,1-3H3/t13-/m0/s1. The highest BCUT2D eigenvalue weighted by molar-refractivity contribution is 5.94. The van der Waals surface area contributed by atoms with E-state index in [2.05, 4.69) is 27.8 Å². The Hall–Kier alpha value is -2.05. The van der Waals surface area contributed by atoms with Gasteiger partial charge in [-0.05, 0) is 19.1 Å². The third kappa shape index (κ3) is 3.12. The average molecular weight is 330 g/mol. The number of rotatable bonds is 5. The van der Waals surface area contributed by atoms with E-state index in [0.29, 0.717) is 18.3 Å². The SMILES string of the molecule is COc1cc2nccc(N3CCN(CCN)[C@@H](C)C3)c2cc1OC. The van der Waals surface area contributed by atoms with E-state index in [1.165, 1.54) is 5.69 Å². The van der Waals surface area contributed by atoms with Crippen LogP contribution < -0.4 is 20.1 Å². The van der Waals surface area contributed by atoms with Gasteiger partial charge in [0.1, 0.15) is 0 Å². The van der Waals surface area contributed by atoms with Gasteiger partial charge in [0, 0.05) is 62.1 Å². The van der Waals surface area contributed by atoms with Crippen LogP contribution in [0, 0.1) is 0 Å². The second-order valence-electron chi connectivity index (χ2n) is 6.17. The lowest BCUT2D eigenvalue weighted by Gasteiger charge is -2.41. The third-order valence-electron chi connectivity index (χ3n) is 4.75. The van der Waals surface area contributed by atoms with Gasteiger partial charge in [-0.25, -0.2) is 0 Å². The van der Waals surface area contributed by atoms with Crippen molar-refractivity contribution in [1.82, 2.24) is 9.88 Å². The van der Waals surface area contributed by atoms with E-state index in [1.807, 2.05) is 18.3 Å². The quantitative estimate of drug-likeness (QED) is 0.901. The van der Waals surface area contributed by atoms with E-state index in [-0.39, 0.29) is 0 Å². The van der Waals surface area contributed by atoms with Gasteiger partial charge in [0.05, 0.1) is 19.7 Å². The predicted octanol–water partition coefficient (Wildman–Crippen LogP) is 1.72. The topological polar surface area (TPSA) is 63.9 Å². The average Bonchev–Trinajstić information content (AvgIpc) is 2.61. The number of methoxy groups -OCH3 is 2. The van der Waals surface area contributed by atoms with Crippen LogP contribution in [0.1, 0.15) is 6.92 Å². The minimum atomic E-state index is 0.477. The van der Waals surface area contributed by atoms with Crippen molar-refractivity contribution in [2.24, 2.45) is 5.73 Å². The normalized spacial score (nSPS) is 18.8. The first-order chi connectivity index (χ1) is 11.7. The molecule has 0 unspecified atom stereocenters. The van der Waals surface area contributed by atoms with Crippen LogP contribution in [0.4, 0.5) is 5.69 Å². The number of aromatic nitrogens is 1. The Morgan fingerprint density at radius 2 is 1.96 bits per heavy atom. The van der Waals surface area contributed by atoms with Gasteiger partial charge in [-0.3, -0.25) is 9.88 Å². The molecule has 130 valence electrons. The van der Waals surface area contributed by atoms with Crippen molar-refractivity contribution in [3.63, 3.8) is 0 Å². The monoisotopic (exact) mass is 330 g/mol. The molecule has 1 fully saturated rings. The summed E-state index contributed by atoms with van der Waals surface area (Å²) in [6.45, 7) is 6.91. The maximum atomic E-state index is 5.71. The fourth-order valence-electron chi connectivity index (χ4n) is 3.45. The Morgan fingerprint density at radius 1 is 1.21 bits per heavy atom. The summed E-state index contributed by atoms with van der Waals surface area (Å²) >= 11 is 0. The van der Waals surface area contributed by atoms with Crippen molar-refractivity contribution in [3.8, 4) is 11.5 Å². The zero-order valence-corrected chi connectivity index (χ0v) is 14.7. The molecule has 1 aliphatic rings. The summed E-state index contributed by atoms with van der Waals surface area (Å²) in [4.78, 5) is 9.37. The number of nitrogens with two attached hydrogens (primary N) is 1. The maximum absolute atomic E-state index is 5.71. The van der Waals surface area contributed by atoms with Gasteiger partial charge in [0.2, 0.25) is 0 Å². The molecule has 0 saturated carbocycles. The lowest BCUT2D eigenvalue weighted by molar-refractivity contribution is 0.195. The number of hydrogen-bond donors (Lipinski definition) is 1. The first kappa shape index (κ1) is 16.8. The molecule has 2 aromatic rings. The molecule has 6 heteroatoms. The van der Waals surface area contributed by atoms with Crippen LogP contribution in [0.3, 0.4) is 0 Å². The van der Waals surface area contributed by atoms with E-state index in [4.69, 9.17) is 15.2 Å². The molecule has 1 saturated heterocycles. The number of fused-ring (bicyclic) bond motifs is 1. The first-order valence-corrected chi connectivity index (χ1v) is 8.37. The number of hydrogen-bond acceptors (Lipinski definition) is 6. The fraction of sp³-hybridized carbons (Fsp3) is 0.500. The lowest BCUT2D eigenvalue weighted by Crippen LogP contribution is -2.53. The number of nitrogens with zero attached hydrogens (tertiary/aromatic N) is 3. The summed E-state index contributed by atoms with van der Waals surface area (Å²) in [6, 6.07) is 6.52. The summed E-state index contributed by atoms with van der Waals surface area (Å²) in [6.07, 6.45) is 1.86. The Kier molecular flexibility index (Phi) is 5.06. The van der Waals surface area contributed by atoms with E-state index in [0.717, 1.165) is 42.8 Å². The molecule has 0 bridgehead atoms. The first-order valence-electron chi connectivity index (χ1n) is 8.37. The molecule has 1 aromatic carbocycles. The van der Waals surface area contributed by atoms with Gasteiger partial charge in [-0.2, -0.15) is 0 Å². The molecule has 0 spiro atoms. The van der Waals surface area contributed by atoms with Gasteiger partial charge in [0.25, 0.3) is 0 Å². The van der Waals surface area contributed by atoms with Crippen LogP contribution >= 0.6 is 0 Å². The van der Waals surface area contributed by atoms with Crippen molar-refractivity contribution in [1.29, 1.82) is 0 Å². The molecular formula is C18H26N4O2. The second-order valence-corrected chi connectivity index (χ2v) is 6.17. The van der Waals surface area contributed by atoms with Crippen LogP contribution in [0.25, 0.3) is 10.9 Å². The summed E-state index contributed by atoms with van der Waals surface area (Å²) in [5.74, 6) is 1.44. The Balaban J connectivity index is 1.95. The summed E-state index contributed by atoms with van der Waals surface area (Å²) in [5.41, 5.74) is 7.83. The van der Waals surface area contributed by atoms with Crippen LogP contribution in [0.15, 0.2) is 24.4 Å². The highest BCUT2D eigenvalue weighted by Gasteiger charge is 2.24. The Labute approximate surface area is 143 Å². The second kappa shape index (κ2) is 7.23. The van der Waals surface area contributed by atoms with E-state index < -0.39 is 0 Å². The van der Waals surface area contributed by atoms with Gasteiger partial charge in [-0.1, -0.05) is 0 Å². The van der Waals surface area contributed by atoms with Crippen molar-refractivity contribution in [2.45, 2.75) is 13.0 Å². The summed E-state index contributed by atoms with van der Waals surface area (Å²) < 4.78 is 10.9. The molecule has 1 aliphatic heterocycles. The fourth-order valence-corrected chi connectivity index (χ4v) is 3.45. The largest absolute Gasteiger partial charge is 0.493 e. The molecule has 1 atom stereocenters. The molecular weight excluding hydrogens is 304 g/mol. The van der Waals surface area contributed by atoms with Gasteiger partial charge >= 0.3 is 0 Å². The molecule has 0 aliphatic carbocycles. The zero-order chi connectivity index (χ0) is 17.1. The van der Waals surface area contributed by atoms with Crippen LogP contribution in [-0.4, -0.2) is 62.9 Å². The van der Waals surface area contributed by atoms with Crippen LogP contribution in [-0.2, 0) is 0 Å². The van der Waals surface area contributed by atoms with Crippen molar-refractivity contribution in [3.05, 3.63) is 24.4 Å². The number of ether oxygens (including phenoxy) is 2. The smallest absolute Gasteiger partial charge is 0.162 e. The Morgan fingerprint density at radius 3 is 2.62 bits per heavy atom. The Bertz CT molecular complexity index is 707. The number of anilines is 1.